The molecule has 2 unspecified atom stereocenters. The lowest BCUT2D eigenvalue weighted by molar-refractivity contribution is -0.137. The van der Waals surface area contributed by atoms with Gasteiger partial charge in [0.25, 0.3) is 0 Å². The Morgan fingerprint density at radius 2 is 0.812 bits per heavy atom. The second-order valence-corrected chi connectivity index (χ2v) is 11.5. The molecular formula is C26H50O4S2. The van der Waals surface area contributed by atoms with Gasteiger partial charge in [0, 0.05) is 11.5 Å². The molecule has 32 heavy (non-hydrogen) atoms. The smallest absolute Gasteiger partial charge is 0.316 e. The first-order chi connectivity index (χ1) is 15.5. The zero-order chi connectivity index (χ0) is 23.9. The molecule has 4 nitrogen and oxygen atoms in total. The van der Waals surface area contributed by atoms with Crippen LogP contribution in [0.25, 0.3) is 0 Å². The average molecular weight is 491 g/mol. The van der Waals surface area contributed by atoms with E-state index >= 15 is 0 Å². The van der Waals surface area contributed by atoms with Crippen molar-refractivity contribution in [3.05, 3.63) is 0 Å². The molecule has 0 aliphatic heterocycles. The summed E-state index contributed by atoms with van der Waals surface area (Å²) in [5.41, 5.74) is 0. The number of carbonyl (C=O) groups is 2. The van der Waals surface area contributed by atoms with Gasteiger partial charge in [0.15, 0.2) is 0 Å². The lowest BCUT2D eigenvalue weighted by Crippen LogP contribution is -2.19. The van der Waals surface area contributed by atoms with E-state index in [1.165, 1.54) is 101 Å². The van der Waals surface area contributed by atoms with Crippen molar-refractivity contribution in [1.29, 1.82) is 0 Å². The Hall–Kier alpha value is -0.360. The number of unbranched alkanes of at least 4 members (excludes halogenated alkanes) is 14. The van der Waals surface area contributed by atoms with Gasteiger partial charge in [-0.15, -0.1) is 23.5 Å². The van der Waals surface area contributed by atoms with Crippen LogP contribution in [0.4, 0.5) is 0 Å². The minimum absolute atomic E-state index is 0.355. The number of carboxylic acids is 2. The molecule has 0 aromatic heterocycles. The largest absolute Gasteiger partial charge is 0.480 e. The number of hydrogen-bond acceptors (Lipinski definition) is 4. The molecule has 0 saturated heterocycles. The molecule has 0 aliphatic rings. The molecule has 0 aromatic rings. The number of hydrogen-bond donors (Lipinski definition) is 2. The van der Waals surface area contributed by atoms with Gasteiger partial charge in [-0.1, -0.05) is 117 Å². The van der Waals surface area contributed by atoms with Crippen LogP contribution in [-0.4, -0.2) is 44.2 Å². The van der Waals surface area contributed by atoms with Gasteiger partial charge in [0.1, 0.15) is 10.5 Å². The molecule has 0 bridgehead atoms. The molecule has 0 spiro atoms. The molecule has 0 fully saturated rings. The van der Waals surface area contributed by atoms with Crippen LogP contribution in [0.2, 0.25) is 0 Å². The lowest BCUT2D eigenvalue weighted by Gasteiger charge is -2.14. The second kappa shape index (κ2) is 23.8. The fourth-order valence-electron chi connectivity index (χ4n) is 3.86. The maximum Gasteiger partial charge on any atom is 0.316 e. The molecule has 0 aliphatic carbocycles. The minimum atomic E-state index is -0.725. The van der Waals surface area contributed by atoms with Gasteiger partial charge in [0.05, 0.1) is 0 Å². The van der Waals surface area contributed by atoms with Gasteiger partial charge in [-0.2, -0.15) is 0 Å². The molecular weight excluding hydrogens is 440 g/mol. The van der Waals surface area contributed by atoms with Crippen LogP contribution in [-0.2, 0) is 9.59 Å². The predicted molar refractivity (Wildman–Crippen MR) is 142 cm³/mol. The predicted octanol–water partition coefficient (Wildman–Crippen LogP) is 8.42. The highest BCUT2D eigenvalue weighted by molar-refractivity contribution is 8.04. The van der Waals surface area contributed by atoms with Crippen LogP contribution >= 0.6 is 23.5 Å². The van der Waals surface area contributed by atoms with Crippen molar-refractivity contribution < 1.29 is 19.8 Å². The summed E-state index contributed by atoms with van der Waals surface area (Å²) < 4.78 is 0. The molecule has 0 saturated carbocycles. The highest BCUT2D eigenvalue weighted by atomic mass is 32.2. The van der Waals surface area contributed by atoms with E-state index in [9.17, 15) is 19.8 Å². The first-order valence-corrected chi connectivity index (χ1v) is 15.3. The van der Waals surface area contributed by atoms with Crippen molar-refractivity contribution in [1.82, 2.24) is 0 Å². The van der Waals surface area contributed by atoms with E-state index in [-0.39, 0.29) is 10.5 Å². The minimum Gasteiger partial charge on any atom is -0.480 e. The highest BCUT2D eigenvalue weighted by Crippen LogP contribution is 2.24. The summed E-state index contributed by atoms with van der Waals surface area (Å²) in [6, 6.07) is 0. The van der Waals surface area contributed by atoms with Crippen LogP contribution in [0.1, 0.15) is 129 Å². The van der Waals surface area contributed by atoms with E-state index in [2.05, 4.69) is 13.8 Å². The van der Waals surface area contributed by atoms with Gasteiger partial charge in [0.2, 0.25) is 0 Å². The van der Waals surface area contributed by atoms with E-state index in [1.54, 1.807) is 0 Å². The van der Waals surface area contributed by atoms with E-state index in [0.29, 0.717) is 11.5 Å². The molecule has 0 heterocycles. The third kappa shape index (κ3) is 20.3. The van der Waals surface area contributed by atoms with Crippen molar-refractivity contribution in [2.45, 2.75) is 140 Å². The fourth-order valence-corrected chi connectivity index (χ4v) is 6.15. The Kier molecular flexibility index (Phi) is 23.5. The summed E-state index contributed by atoms with van der Waals surface area (Å²) in [6.45, 7) is 4.45. The van der Waals surface area contributed by atoms with Crippen molar-refractivity contribution in [3.8, 4) is 0 Å². The van der Waals surface area contributed by atoms with Crippen LogP contribution in [0.3, 0.4) is 0 Å². The number of carboxylic acid groups (broad SMARTS) is 2. The summed E-state index contributed by atoms with van der Waals surface area (Å²) in [4.78, 5) is 23.1. The van der Waals surface area contributed by atoms with Crippen LogP contribution in [0, 0.1) is 0 Å². The molecule has 2 atom stereocenters. The fraction of sp³-hybridized carbons (Fsp3) is 0.923. The van der Waals surface area contributed by atoms with Gasteiger partial charge in [-0.05, 0) is 12.8 Å². The lowest BCUT2D eigenvalue weighted by atomic mass is 10.1. The summed E-state index contributed by atoms with van der Waals surface area (Å²) in [7, 11) is 0. The molecule has 0 radical (unpaired) electrons. The third-order valence-corrected chi connectivity index (χ3v) is 8.73. The quantitative estimate of drug-likeness (QED) is 0.125. The Bertz CT molecular complexity index is 406. The van der Waals surface area contributed by atoms with Crippen LogP contribution in [0.15, 0.2) is 0 Å². The standard InChI is InChI=1S/C26H50O4S2/c1-3-5-7-9-11-13-15-17-19-23(25(27)28)31-21-22-32-24(26(29)30)20-18-16-14-12-10-8-6-4-2/h23-24H,3-22H2,1-2H3,(H,27,28)(H,29,30). The summed E-state index contributed by atoms with van der Waals surface area (Å²) in [6.07, 6.45) is 20.9. The first-order valence-electron chi connectivity index (χ1n) is 13.2. The third-order valence-electron chi connectivity index (χ3n) is 5.91. The van der Waals surface area contributed by atoms with Crippen molar-refractivity contribution in [3.63, 3.8) is 0 Å². The highest BCUT2D eigenvalue weighted by Gasteiger charge is 2.20. The molecule has 0 rings (SSSR count). The number of thioether (sulfide) groups is 2. The Balaban J connectivity index is 3.87. The van der Waals surface area contributed by atoms with E-state index in [1.807, 2.05) is 0 Å². The zero-order valence-electron chi connectivity index (χ0n) is 20.8. The van der Waals surface area contributed by atoms with Gasteiger partial charge < -0.3 is 10.2 Å². The summed E-state index contributed by atoms with van der Waals surface area (Å²) in [5.74, 6) is -0.0342. The van der Waals surface area contributed by atoms with E-state index < -0.39 is 11.9 Å². The molecule has 0 amide bonds. The van der Waals surface area contributed by atoms with Crippen molar-refractivity contribution in [2.75, 3.05) is 11.5 Å². The normalized spacial score (nSPS) is 13.2. The van der Waals surface area contributed by atoms with Crippen molar-refractivity contribution in [2.24, 2.45) is 0 Å². The van der Waals surface area contributed by atoms with Crippen molar-refractivity contribution >= 4 is 35.5 Å². The maximum absolute atomic E-state index is 11.5. The molecule has 0 aromatic carbocycles. The number of aliphatic carboxylic acids is 2. The van der Waals surface area contributed by atoms with E-state index in [4.69, 9.17) is 0 Å². The monoisotopic (exact) mass is 490 g/mol. The average Bonchev–Trinajstić information content (AvgIpc) is 2.76. The Labute approximate surface area is 206 Å². The molecule has 2 N–H and O–H groups in total. The second-order valence-electron chi connectivity index (χ2n) is 8.92. The van der Waals surface area contributed by atoms with Gasteiger partial charge in [-0.3, -0.25) is 9.59 Å². The molecule has 190 valence electrons. The number of rotatable bonds is 25. The van der Waals surface area contributed by atoms with Gasteiger partial charge in [-0.25, -0.2) is 0 Å². The Morgan fingerprint density at radius 1 is 0.531 bits per heavy atom. The summed E-state index contributed by atoms with van der Waals surface area (Å²) >= 11 is 2.97. The van der Waals surface area contributed by atoms with E-state index in [0.717, 1.165) is 38.5 Å². The Morgan fingerprint density at radius 3 is 1.09 bits per heavy atom. The van der Waals surface area contributed by atoms with Crippen LogP contribution in [0.5, 0.6) is 0 Å². The zero-order valence-corrected chi connectivity index (χ0v) is 22.5. The first kappa shape index (κ1) is 31.6. The molecule has 6 heteroatoms. The topological polar surface area (TPSA) is 74.6 Å². The SMILES string of the molecule is CCCCCCCCCCC(SCCSC(CCCCCCCCCC)C(=O)O)C(=O)O. The summed E-state index contributed by atoms with van der Waals surface area (Å²) in [5, 5.41) is 18.3. The van der Waals surface area contributed by atoms with Crippen LogP contribution < -0.4 is 0 Å². The maximum atomic E-state index is 11.5. The van der Waals surface area contributed by atoms with Gasteiger partial charge >= 0.3 is 11.9 Å².